The van der Waals surface area contributed by atoms with Crippen molar-refractivity contribution in [1.29, 1.82) is 0 Å². The molecule has 156 valence electrons. The van der Waals surface area contributed by atoms with Crippen LogP contribution < -0.4 is 10.2 Å². The predicted octanol–water partition coefficient (Wildman–Crippen LogP) is 3.45. The molecule has 1 N–H and O–H groups in total. The van der Waals surface area contributed by atoms with Crippen LogP contribution in [0, 0.1) is 0 Å². The van der Waals surface area contributed by atoms with Gasteiger partial charge in [-0.15, -0.1) is 0 Å². The summed E-state index contributed by atoms with van der Waals surface area (Å²) < 4.78 is 76.0. The van der Waals surface area contributed by atoms with Crippen molar-refractivity contribution in [3.63, 3.8) is 0 Å². The lowest BCUT2D eigenvalue weighted by atomic mass is 10.1. The van der Waals surface area contributed by atoms with Crippen LogP contribution in [0.5, 0.6) is 0 Å². The van der Waals surface area contributed by atoms with Crippen molar-refractivity contribution in [2.45, 2.75) is 31.2 Å². The van der Waals surface area contributed by atoms with E-state index >= 15 is 0 Å². The van der Waals surface area contributed by atoms with Crippen LogP contribution in [0.15, 0.2) is 36.8 Å². The molecule has 2 aromatic rings. The van der Waals surface area contributed by atoms with E-state index in [4.69, 9.17) is 0 Å². The first-order valence-electron chi connectivity index (χ1n) is 8.61. The second-order valence-corrected chi connectivity index (χ2v) is 6.65. The maximum atomic E-state index is 12.8. The number of anilines is 1. The fourth-order valence-corrected chi connectivity index (χ4v) is 3.03. The molecule has 0 aliphatic carbocycles. The fourth-order valence-electron chi connectivity index (χ4n) is 3.03. The molecular formula is C18H16F6N4O. The minimum Gasteiger partial charge on any atom is -0.368 e. The molecule has 11 heteroatoms. The molecule has 2 aromatic heterocycles. The first-order valence-corrected chi connectivity index (χ1v) is 8.61. The van der Waals surface area contributed by atoms with Crippen LogP contribution in [-0.4, -0.2) is 35.0 Å². The molecule has 0 bridgehead atoms. The summed E-state index contributed by atoms with van der Waals surface area (Å²) in [5.74, 6) is -0.402. The number of carbonyl (C=O) groups is 1. The Labute approximate surface area is 161 Å². The Hall–Kier alpha value is -2.85. The average molecular weight is 418 g/mol. The van der Waals surface area contributed by atoms with Gasteiger partial charge in [-0.05, 0) is 24.1 Å². The summed E-state index contributed by atoms with van der Waals surface area (Å²) in [7, 11) is 0. The lowest BCUT2D eigenvalue weighted by molar-refractivity contribution is -0.141. The molecular weight excluding hydrogens is 402 g/mol. The van der Waals surface area contributed by atoms with Crippen LogP contribution in [0.1, 0.15) is 23.2 Å². The smallest absolute Gasteiger partial charge is 0.368 e. The van der Waals surface area contributed by atoms with Gasteiger partial charge >= 0.3 is 12.4 Å². The number of rotatable bonds is 4. The Balaban J connectivity index is 1.55. The van der Waals surface area contributed by atoms with E-state index in [1.54, 1.807) is 4.90 Å². The van der Waals surface area contributed by atoms with E-state index in [2.05, 4.69) is 15.3 Å². The SMILES string of the molecule is O=C(Cc1ccc(C(F)(F)F)nc1)N[C@@H]1CCN(c2cncc(C(F)(F)F)c2)C1. The highest BCUT2D eigenvalue weighted by atomic mass is 19.4. The van der Waals surface area contributed by atoms with Crippen molar-refractivity contribution in [3.8, 4) is 0 Å². The number of pyridine rings is 2. The summed E-state index contributed by atoms with van der Waals surface area (Å²) in [6.45, 7) is 0.746. The number of nitrogens with zero attached hydrogens (tertiary/aromatic N) is 3. The highest BCUT2D eigenvalue weighted by Gasteiger charge is 2.33. The Bertz CT molecular complexity index is 866. The van der Waals surface area contributed by atoms with Gasteiger partial charge in [0, 0.05) is 31.5 Å². The van der Waals surface area contributed by atoms with Crippen molar-refractivity contribution < 1.29 is 31.1 Å². The van der Waals surface area contributed by atoms with Gasteiger partial charge in [-0.25, -0.2) is 0 Å². The predicted molar refractivity (Wildman–Crippen MR) is 90.9 cm³/mol. The van der Waals surface area contributed by atoms with Crippen LogP contribution >= 0.6 is 0 Å². The van der Waals surface area contributed by atoms with Crippen molar-refractivity contribution in [1.82, 2.24) is 15.3 Å². The maximum Gasteiger partial charge on any atom is 0.433 e. The second kappa shape index (κ2) is 7.88. The summed E-state index contributed by atoms with van der Waals surface area (Å²) in [5, 5.41) is 2.74. The van der Waals surface area contributed by atoms with Gasteiger partial charge in [0.1, 0.15) is 5.69 Å². The summed E-state index contributed by atoms with van der Waals surface area (Å²) in [6.07, 6.45) is -5.60. The molecule has 0 saturated carbocycles. The molecule has 0 spiro atoms. The highest BCUT2D eigenvalue weighted by molar-refractivity contribution is 5.79. The molecule has 0 radical (unpaired) electrons. The topological polar surface area (TPSA) is 58.1 Å². The number of amides is 1. The molecule has 1 aliphatic rings. The zero-order chi connectivity index (χ0) is 21.2. The number of alkyl halides is 6. The first kappa shape index (κ1) is 20.9. The maximum absolute atomic E-state index is 12.8. The largest absolute Gasteiger partial charge is 0.433 e. The Morgan fingerprint density at radius 2 is 1.86 bits per heavy atom. The summed E-state index contributed by atoms with van der Waals surface area (Å²) in [4.78, 5) is 20.8. The van der Waals surface area contributed by atoms with Crippen molar-refractivity contribution >= 4 is 11.6 Å². The zero-order valence-electron chi connectivity index (χ0n) is 14.9. The van der Waals surface area contributed by atoms with Crippen LogP contribution in [0.3, 0.4) is 0 Å². The average Bonchev–Trinajstić information content (AvgIpc) is 3.09. The Kier molecular flexibility index (Phi) is 5.67. The molecule has 3 heterocycles. The van der Waals surface area contributed by atoms with Gasteiger partial charge < -0.3 is 10.2 Å². The van der Waals surface area contributed by atoms with E-state index in [1.165, 1.54) is 12.3 Å². The van der Waals surface area contributed by atoms with Gasteiger partial charge in [-0.1, -0.05) is 6.07 Å². The van der Waals surface area contributed by atoms with Gasteiger partial charge in [-0.2, -0.15) is 26.3 Å². The van der Waals surface area contributed by atoms with Crippen LogP contribution in [0.2, 0.25) is 0 Å². The molecule has 0 aromatic carbocycles. The number of carbonyl (C=O) groups excluding carboxylic acids is 1. The van der Waals surface area contributed by atoms with E-state index in [0.717, 1.165) is 24.5 Å². The van der Waals surface area contributed by atoms with Gasteiger partial charge in [0.25, 0.3) is 0 Å². The van der Waals surface area contributed by atoms with Crippen LogP contribution in [0.4, 0.5) is 32.0 Å². The van der Waals surface area contributed by atoms with E-state index in [-0.39, 0.29) is 12.5 Å². The molecule has 1 amide bonds. The highest BCUT2D eigenvalue weighted by Crippen LogP contribution is 2.31. The third kappa shape index (κ3) is 5.36. The molecule has 1 aliphatic heterocycles. The third-order valence-corrected chi connectivity index (χ3v) is 4.45. The quantitative estimate of drug-likeness (QED) is 0.773. The Morgan fingerprint density at radius 3 is 2.48 bits per heavy atom. The van der Waals surface area contributed by atoms with Gasteiger partial charge in [0.15, 0.2) is 0 Å². The van der Waals surface area contributed by atoms with E-state index in [0.29, 0.717) is 30.8 Å². The molecule has 0 unspecified atom stereocenters. The number of hydrogen-bond acceptors (Lipinski definition) is 4. The summed E-state index contributed by atoms with van der Waals surface area (Å²) in [5.41, 5.74) is -1.25. The molecule has 1 saturated heterocycles. The molecule has 29 heavy (non-hydrogen) atoms. The van der Waals surface area contributed by atoms with Crippen molar-refractivity contribution in [2.75, 3.05) is 18.0 Å². The molecule has 1 atom stereocenters. The minimum atomic E-state index is -4.55. The molecule has 1 fully saturated rings. The lowest BCUT2D eigenvalue weighted by Gasteiger charge is -2.20. The molecule has 3 rings (SSSR count). The Morgan fingerprint density at radius 1 is 1.10 bits per heavy atom. The number of nitrogens with one attached hydrogen (secondary N) is 1. The van der Waals surface area contributed by atoms with Gasteiger partial charge in [-0.3, -0.25) is 14.8 Å². The number of halogens is 6. The minimum absolute atomic E-state index is 0.146. The van der Waals surface area contributed by atoms with Crippen molar-refractivity contribution in [3.05, 3.63) is 53.6 Å². The summed E-state index contributed by atoms with van der Waals surface area (Å²) in [6, 6.07) is 2.70. The lowest BCUT2D eigenvalue weighted by Crippen LogP contribution is -2.38. The molecule has 5 nitrogen and oxygen atoms in total. The monoisotopic (exact) mass is 418 g/mol. The van der Waals surface area contributed by atoms with Crippen LogP contribution in [0.25, 0.3) is 0 Å². The fraction of sp³-hybridized carbons (Fsp3) is 0.389. The van der Waals surface area contributed by atoms with Crippen LogP contribution in [-0.2, 0) is 23.6 Å². The second-order valence-electron chi connectivity index (χ2n) is 6.65. The first-order chi connectivity index (χ1) is 13.5. The van der Waals surface area contributed by atoms with Gasteiger partial charge in [0.05, 0.1) is 23.9 Å². The van der Waals surface area contributed by atoms with Crippen molar-refractivity contribution in [2.24, 2.45) is 0 Å². The van der Waals surface area contributed by atoms with E-state index < -0.39 is 29.5 Å². The normalized spacial score (nSPS) is 17.4. The standard InChI is InChI=1S/C18H16F6N4O/c19-17(20,21)12-6-14(9-25-8-12)28-4-3-13(10-28)27-16(29)5-11-1-2-15(26-7-11)18(22,23)24/h1-2,6-9,13H,3-5,10H2,(H,27,29)/t13-/m1/s1. The number of aromatic nitrogens is 2. The van der Waals surface area contributed by atoms with E-state index in [9.17, 15) is 31.1 Å². The van der Waals surface area contributed by atoms with Gasteiger partial charge in [0.2, 0.25) is 5.91 Å². The third-order valence-electron chi connectivity index (χ3n) is 4.45. The van der Waals surface area contributed by atoms with E-state index in [1.807, 2.05) is 0 Å². The summed E-state index contributed by atoms with van der Waals surface area (Å²) >= 11 is 0. The zero-order valence-corrected chi connectivity index (χ0v) is 14.9. The number of hydrogen-bond donors (Lipinski definition) is 1.